The minimum absolute atomic E-state index is 0.101. The number of nitrogens with zero attached hydrogens (tertiary/aromatic N) is 2. The number of aryl methyl sites for hydroxylation is 1. The summed E-state index contributed by atoms with van der Waals surface area (Å²) < 4.78 is 38.4. The van der Waals surface area contributed by atoms with Crippen molar-refractivity contribution < 1.29 is 18.0 Å². The summed E-state index contributed by atoms with van der Waals surface area (Å²) in [7, 11) is 0. The van der Waals surface area contributed by atoms with Gasteiger partial charge in [0.15, 0.2) is 0 Å². The number of halogens is 4. The second kappa shape index (κ2) is 8.21. The summed E-state index contributed by atoms with van der Waals surface area (Å²) in [4.78, 5) is 16.1. The van der Waals surface area contributed by atoms with E-state index in [-0.39, 0.29) is 10.9 Å². The van der Waals surface area contributed by atoms with E-state index in [1.807, 2.05) is 40.1 Å². The molecular weight excluding hydrogens is 377 g/mol. The predicted molar refractivity (Wildman–Crippen MR) is 100 cm³/mol. The van der Waals surface area contributed by atoms with Gasteiger partial charge in [0.1, 0.15) is 0 Å². The van der Waals surface area contributed by atoms with Crippen LogP contribution in [-0.4, -0.2) is 37.0 Å². The van der Waals surface area contributed by atoms with Crippen molar-refractivity contribution in [3.63, 3.8) is 0 Å². The molecule has 144 valence electrons. The summed E-state index contributed by atoms with van der Waals surface area (Å²) >= 11 is 5.80. The number of rotatable bonds is 4. The Hall–Kier alpha value is -2.21. The van der Waals surface area contributed by atoms with E-state index in [1.165, 1.54) is 12.1 Å². The average Bonchev–Trinajstić information content (AvgIpc) is 2.66. The number of hydrogen-bond acceptors (Lipinski definition) is 2. The van der Waals surface area contributed by atoms with Gasteiger partial charge in [0.25, 0.3) is 0 Å². The van der Waals surface area contributed by atoms with Crippen molar-refractivity contribution >= 4 is 23.2 Å². The Balaban J connectivity index is 1.54. The molecule has 3 rings (SSSR count). The minimum Gasteiger partial charge on any atom is -0.368 e. The van der Waals surface area contributed by atoms with Crippen molar-refractivity contribution in [3.05, 3.63) is 64.7 Å². The molecule has 0 saturated carbocycles. The van der Waals surface area contributed by atoms with Crippen molar-refractivity contribution in [2.75, 3.05) is 31.1 Å². The zero-order valence-corrected chi connectivity index (χ0v) is 15.4. The third kappa shape index (κ3) is 4.95. The molecule has 2 aromatic carbocycles. The maximum atomic E-state index is 12.8. The van der Waals surface area contributed by atoms with Gasteiger partial charge >= 0.3 is 6.18 Å². The smallest absolute Gasteiger partial charge is 0.368 e. The number of hydrogen-bond donors (Lipinski definition) is 0. The van der Waals surface area contributed by atoms with Gasteiger partial charge in [-0.1, -0.05) is 41.9 Å². The van der Waals surface area contributed by atoms with E-state index in [1.54, 1.807) is 0 Å². The molecule has 0 spiro atoms. The van der Waals surface area contributed by atoms with Crippen LogP contribution in [0.5, 0.6) is 0 Å². The average molecular weight is 397 g/mol. The van der Waals surface area contributed by atoms with Crippen LogP contribution in [0.3, 0.4) is 0 Å². The van der Waals surface area contributed by atoms with E-state index in [2.05, 4.69) is 0 Å². The number of piperazine rings is 1. The lowest BCUT2D eigenvalue weighted by molar-refractivity contribution is -0.137. The predicted octanol–water partition coefficient (Wildman–Crippen LogP) is 4.64. The molecular formula is C20H20ClF3N2O. The van der Waals surface area contributed by atoms with E-state index in [4.69, 9.17) is 11.6 Å². The lowest BCUT2D eigenvalue weighted by Gasteiger charge is -2.36. The van der Waals surface area contributed by atoms with E-state index >= 15 is 0 Å². The molecule has 1 aliphatic rings. The molecule has 0 N–H and O–H groups in total. The number of carbonyl (C=O) groups is 1. The highest BCUT2D eigenvalue weighted by Crippen LogP contribution is 2.36. The molecule has 0 unspecified atom stereocenters. The van der Waals surface area contributed by atoms with E-state index in [0.29, 0.717) is 44.7 Å². The lowest BCUT2D eigenvalue weighted by Crippen LogP contribution is -2.48. The first-order valence-corrected chi connectivity index (χ1v) is 9.16. The van der Waals surface area contributed by atoms with Crippen molar-refractivity contribution in [2.45, 2.75) is 19.0 Å². The third-order valence-corrected chi connectivity index (χ3v) is 5.04. The molecule has 0 bridgehead atoms. The van der Waals surface area contributed by atoms with Crippen LogP contribution in [0.4, 0.5) is 18.9 Å². The number of carbonyl (C=O) groups excluding carboxylic acids is 1. The first-order valence-electron chi connectivity index (χ1n) is 8.78. The molecule has 27 heavy (non-hydrogen) atoms. The van der Waals surface area contributed by atoms with Crippen LogP contribution in [0.2, 0.25) is 5.02 Å². The van der Waals surface area contributed by atoms with Gasteiger partial charge in [-0.05, 0) is 30.2 Å². The van der Waals surface area contributed by atoms with E-state index in [9.17, 15) is 18.0 Å². The molecule has 2 aromatic rings. The molecule has 1 aliphatic heterocycles. The minimum atomic E-state index is -4.46. The number of alkyl halides is 3. The maximum absolute atomic E-state index is 12.8. The zero-order valence-electron chi connectivity index (χ0n) is 14.7. The van der Waals surface area contributed by atoms with Crippen LogP contribution in [0.1, 0.15) is 17.5 Å². The van der Waals surface area contributed by atoms with Gasteiger partial charge in [-0.25, -0.2) is 0 Å². The van der Waals surface area contributed by atoms with Gasteiger partial charge in [0, 0.05) is 38.3 Å². The quantitative estimate of drug-likeness (QED) is 0.751. The monoisotopic (exact) mass is 396 g/mol. The third-order valence-electron chi connectivity index (χ3n) is 4.73. The first-order chi connectivity index (χ1) is 12.8. The van der Waals surface area contributed by atoms with Crippen LogP contribution < -0.4 is 4.90 Å². The van der Waals surface area contributed by atoms with Crippen molar-refractivity contribution in [2.24, 2.45) is 0 Å². The Morgan fingerprint density at radius 2 is 1.67 bits per heavy atom. The second-order valence-corrected chi connectivity index (χ2v) is 6.92. The Morgan fingerprint density at radius 3 is 2.26 bits per heavy atom. The summed E-state index contributed by atoms with van der Waals surface area (Å²) in [5.74, 6) is 0.101. The number of amides is 1. The molecule has 0 aromatic heterocycles. The number of benzene rings is 2. The van der Waals surface area contributed by atoms with Crippen LogP contribution in [0.25, 0.3) is 0 Å². The standard InChI is InChI=1S/C20H20ClF3N2O/c21-18-14-16(7-8-17(18)20(22,23)24)25-10-12-26(13-11-25)19(27)9-6-15-4-2-1-3-5-15/h1-5,7-8,14H,6,9-13H2. The highest BCUT2D eigenvalue weighted by molar-refractivity contribution is 6.31. The Labute approximate surface area is 161 Å². The summed E-state index contributed by atoms with van der Waals surface area (Å²) in [5.41, 5.74) is 0.941. The maximum Gasteiger partial charge on any atom is 0.417 e. The van der Waals surface area contributed by atoms with Crippen LogP contribution >= 0.6 is 11.6 Å². The molecule has 0 aliphatic carbocycles. The molecule has 1 saturated heterocycles. The fraction of sp³-hybridized carbons (Fsp3) is 0.350. The van der Waals surface area contributed by atoms with Crippen molar-refractivity contribution in [1.82, 2.24) is 4.90 Å². The zero-order chi connectivity index (χ0) is 19.4. The van der Waals surface area contributed by atoms with Gasteiger partial charge < -0.3 is 9.80 Å². The van der Waals surface area contributed by atoms with Gasteiger partial charge in [-0.2, -0.15) is 13.2 Å². The first kappa shape index (κ1) is 19.5. The summed E-state index contributed by atoms with van der Waals surface area (Å²) in [6, 6.07) is 13.6. The number of anilines is 1. The Kier molecular flexibility index (Phi) is 5.95. The largest absolute Gasteiger partial charge is 0.417 e. The van der Waals surface area contributed by atoms with E-state index in [0.717, 1.165) is 11.6 Å². The topological polar surface area (TPSA) is 23.6 Å². The fourth-order valence-electron chi connectivity index (χ4n) is 3.20. The molecule has 1 fully saturated rings. The summed E-state index contributed by atoms with van der Waals surface area (Å²) in [6.45, 7) is 2.23. The van der Waals surface area contributed by atoms with Crippen molar-refractivity contribution in [1.29, 1.82) is 0 Å². The normalized spacial score (nSPS) is 15.1. The van der Waals surface area contributed by atoms with Gasteiger partial charge in [0.2, 0.25) is 5.91 Å². The summed E-state index contributed by atoms with van der Waals surface area (Å²) in [6.07, 6.45) is -3.30. The molecule has 1 amide bonds. The molecule has 3 nitrogen and oxygen atoms in total. The Morgan fingerprint density at radius 1 is 1.00 bits per heavy atom. The molecule has 0 atom stereocenters. The van der Waals surface area contributed by atoms with Gasteiger partial charge in [0.05, 0.1) is 10.6 Å². The highest BCUT2D eigenvalue weighted by atomic mass is 35.5. The fourth-order valence-corrected chi connectivity index (χ4v) is 3.48. The molecule has 0 radical (unpaired) electrons. The van der Waals surface area contributed by atoms with Crippen molar-refractivity contribution in [3.8, 4) is 0 Å². The van der Waals surface area contributed by atoms with Crippen LogP contribution in [-0.2, 0) is 17.4 Å². The van der Waals surface area contributed by atoms with Crippen LogP contribution in [0.15, 0.2) is 48.5 Å². The summed E-state index contributed by atoms with van der Waals surface area (Å²) in [5, 5.41) is -0.304. The molecule has 7 heteroatoms. The highest BCUT2D eigenvalue weighted by Gasteiger charge is 2.33. The lowest BCUT2D eigenvalue weighted by atomic mass is 10.1. The second-order valence-electron chi connectivity index (χ2n) is 6.52. The van der Waals surface area contributed by atoms with Crippen LogP contribution in [0, 0.1) is 0 Å². The molecule has 1 heterocycles. The van der Waals surface area contributed by atoms with E-state index < -0.39 is 11.7 Å². The Bertz CT molecular complexity index is 788. The van der Waals surface area contributed by atoms with Gasteiger partial charge in [-0.15, -0.1) is 0 Å². The van der Waals surface area contributed by atoms with Gasteiger partial charge in [-0.3, -0.25) is 4.79 Å². The SMILES string of the molecule is O=C(CCc1ccccc1)N1CCN(c2ccc(C(F)(F)F)c(Cl)c2)CC1.